The van der Waals surface area contributed by atoms with E-state index < -0.39 is 5.54 Å². The van der Waals surface area contributed by atoms with Crippen molar-refractivity contribution in [3.8, 4) is 0 Å². The van der Waals surface area contributed by atoms with Gasteiger partial charge in [0.2, 0.25) is 5.91 Å². The molecule has 0 spiro atoms. The molecule has 1 saturated heterocycles. The Labute approximate surface area is 116 Å². The van der Waals surface area contributed by atoms with Crippen molar-refractivity contribution < 1.29 is 4.79 Å². The summed E-state index contributed by atoms with van der Waals surface area (Å²) in [4.78, 5) is 16.4. The monoisotopic (exact) mass is 268 g/mol. The van der Waals surface area contributed by atoms with Crippen molar-refractivity contribution in [3.05, 3.63) is 0 Å². The Balaban J connectivity index is 1.80. The molecule has 0 radical (unpaired) electrons. The number of hydrogen-bond donors (Lipinski definition) is 2. The van der Waals surface area contributed by atoms with Crippen molar-refractivity contribution in [1.29, 1.82) is 0 Å². The van der Waals surface area contributed by atoms with E-state index in [9.17, 15) is 4.79 Å². The first-order valence-corrected chi connectivity index (χ1v) is 7.37. The van der Waals surface area contributed by atoms with Gasteiger partial charge in [0.05, 0.1) is 5.54 Å². The predicted octanol–water partition coefficient (Wildman–Crippen LogP) is 0.00840. The first-order valence-electron chi connectivity index (χ1n) is 7.37. The molecule has 2 unspecified atom stereocenters. The summed E-state index contributed by atoms with van der Waals surface area (Å²) in [5.41, 5.74) is 5.03. The molecule has 3 N–H and O–H groups in total. The number of carbonyl (C=O) groups excluding carboxylic acids is 1. The zero-order valence-corrected chi connectivity index (χ0v) is 12.5. The Morgan fingerprint density at radius 1 is 1.42 bits per heavy atom. The van der Waals surface area contributed by atoms with E-state index in [1.165, 1.54) is 19.3 Å². The summed E-state index contributed by atoms with van der Waals surface area (Å²) in [7, 11) is 4.27. The Kier molecular flexibility index (Phi) is 4.48. The molecule has 1 heterocycles. The van der Waals surface area contributed by atoms with Crippen LogP contribution in [0.5, 0.6) is 0 Å². The first-order chi connectivity index (χ1) is 8.90. The van der Waals surface area contributed by atoms with Crippen LogP contribution >= 0.6 is 0 Å². The highest BCUT2D eigenvalue weighted by Gasteiger charge is 2.37. The molecule has 2 fully saturated rings. The highest BCUT2D eigenvalue weighted by Crippen LogP contribution is 2.24. The topological polar surface area (TPSA) is 61.6 Å². The van der Waals surface area contributed by atoms with Crippen LogP contribution in [0.25, 0.3) is 0 Å². The summed E-state index contributed by atoms with van der Waals surface area (Å²) in [6.45, 7) is 5.13. The van der Waals surface area contributed by atoms with Gasteiger partial charge >= 0.3 is 0 Å². The smallest absolute Gasteiger partial charge is 0.237 e. The highest BCUT2D eigenvalue weighted by molar-refractivity contribution is 5.84. The van der Waals surface area contributed by atoms with Crippen molar-refractivity contribution in [2.24, 2.45) is 5.73 Å². The lowest BCUT2D eigenvalue weighted by atomic mass is 9.96. The second kappa shape index (κ2) is 5.77. The van der Waals surface area contributed by atoms with Gasteiger partial charge in [-0.1, -0.05) is 0 Å². The number of nitrogens with one attached hydrogen (secondary N) is 1. The second-order valence-corrected chi connectivity index (χ2v) is 6.57. The Bertz CT molecular complexity index is 329. The summed E-state index contributed by atoms with van der Waals surface area (Å²) < 4.78 is 0. The number of carbonyl (C=O) groups is 1. The third-order valence-corrected chi connectivity index (χ3v) is 4.55. The van der Waals surface area contributed by atoms with Crippen LogP contribution in [0.3, 0.4) is 0 Å². The minimum atomic E-state index is -0.544. The van der Waals surface area contributed by atoms with Gasteiger partial charge in [-0.05, 0) is 53.2 Å². The lowest BCUT2D eigenvalue weighted by molar-refractivity contribution is -0.124. The summed E-state index contributed by atoms with van der Waals surface area (Å²) in [6, 6.07) is 1.15. The van der Waals surface area contributed by atoms with Gasteiger partial charge in [-0.25, -0.2) is 0 Å². The number of rotatable bonds is 7. The summed E-state index contributed by atoms with van der Waals surface area (Å²) in [5.74, 6) is -0.220. The molecule has 19 heavy (non-hydrogen) atoms. The Hall–Kier alpha value is -0.650. The van der Waals surface area contributed by atoms with Crippen molar-refractivity contribution in [1.82, 2.24) is 15.1 Å². The zero-order chi connectivity index (χ0) is 14.0. The van der Waals surface area contributed by atoms with Crippen LogP contribution in [-0.2, 0) is 4.79 Å². The van der Waals surface area contributed by atoms with Gasteiger partial charge in [-0.15, -0.1) is 0 Å². The maximum Gasteiger partial charge on any atom is 0.237 e. The van der Waals surface area contributed by atoms with E-state index in [-0.39, 0.29) is 5.91 Å². The fraction of sp³-hybridized carbons (Fsp3) is 0.929. The second-order valence-electron chi connectivity index (χ2n) is 6.57. The highest BCUT2D eigenvalue weighted by atomic mass is 16.1. The van der Waals surface area contributed by atoms with Crippen molar-refractivity contribution in [2.45, 2.75) is 50.2 Å². The number of amides is 1. The SMILES string of the molecule is CN(C)C1CCN(CCC(C)(NC2CC2)C(N)=O)C1. The molecule has 5 nitrogen and oxygen atoms in total. The maximum atomic E-state index is 11.7. The van der Waals surface area contributed by atoms with Crippen molar-refractivity contribution in [3.63, 3.8) is 0 Å². The summed E-state index contributed by atoms with van der Waals surface area (Å²) in [5, 5.41) is 3.41. The van der Waals surface area contributed by atoms with E-state index in [1.807, 2.05) is 6.92 Å². The summed E-state index contributed by atoms with van der Waals surface area (Å²) >= 11 is 0. The van der Waals surface area contributed by atoms with Crippen molar-refractivity contribution >= 4 is 5.91 Å². The first kappa shape index (κ1) is 14.8. The lowest BCUT2D eigenvalue weighted by Gasteiger charge is -2.30. The lowest BCUT2D eigenvalue weighted by Crippen LogP contribution is -2.55. The van der Waals surface area contributed by atoms with Crippen LogP contribution in [-0.4, -0.2) is 67.1 Å². The van der Waals surface area contributed by atoms with Gasteiger partial charge < -0.3 is 20.9 Å². The number of nitrogens with two attached hydrogens (primary N) is 1. The number of nitrogens with zero attached hydrogens (tertiary/aromatic N) is 2. The molecule has 1 amide bonds. The van der Waals surface area contributed by atoms with Gasteiger partial charge in [-0.3, -0.25) is 4.79 Å². The molecule has 0 aromatic rings. The number of likely N-dealkylation sites (tertiary alicyclic amines) is 1. The molecule has 5 heteroatoms. The van der Waals surface area contributed by atoms with Crippen LogP contribution < -0.4 is 11.1 Å². The van der Waals surface area contributed by atoms with Gasteiger partial charge in [0, 0.05) is 25.2 Å². The van der Waals surface area contributed by atoms with E-state index in [1.54, 1.807) is 0 Å². The minimum absolute atomic E-state index is 0.220. The molecule has 0 aromatic heterocycles. The molecule has 110 valence electrons. The average molecular weight is 268 g/mol. The van der Waals surface area contributed by atoms with E-state index in [0.29, 0.717) is 12.1 Å². The molecule has 2 aliphatic rings. The molecular weight excluding hydrogens is 240 g/mol. The van der Waals surface area contributed by atoms with Crippen LogP contribution in [0.15, 0.2) is 0 Å². The van der Waals surface area contributed by atoms with Crippen LogP contribution in [0.4, 0.5) is 0 Å². The predicted molar refractivity (Wildman–Crippen MR) is 76.9 cm³/mol. The largest absolute Gasteiger partial charge is 0.368 e. The van der Waals surface area contributed by atoms with E-state index in [4.69, 9.17) is 5.73 Å². The molecule has 1 aliphatic carbocycles. The normalized spacial score (nSPS) is 27.7. The number of likely N-dealkylation sites (N-methyl/N-ethyl adjacent to an activating group) is 1. The molecule has 0 bridgehead atoms. The Morgan fingerprint density at radius 2 is 2.11 bits per heavy atom. The van der Waals surface area contributed by atoms with Gasteiger partial charge in [-0.2, -0.15) is 0 Å². The van der Waals surface area contributed by atoms with Gasteiger partial charge in [0.1, 0.15) is 0 Å². The average Bonchev–Trinajstić information content (AvgIpc) is 3.01. The van der Waals surface area contributed by atoms with E-state index in [0.717, 1.165) is 26.1 Å². The van der Waals surface area contributed by atoms with Crippen LogP contribution in [0.2, 0.25) is 0 Å². The molecule has 1 saturated carbocycles. The third-order valence-electron chi connectivity index (χ3n) is 4.55. The fourth-order valence-electron chi connectivity index (χ4n) is 2.76. The number of hydrogen-bond acceptors (Lipinski definition) is 4. The summed E-state index contributed by atoms with van der Waals surface area (Å²) in [6.07, 6.45) is 4.37. The fourth-order valence-corrected chi connectivity index (χ4v) is 2.76. The molecular formula is C14H28N4O. The van der Waals surface area contributed by atoms with E-state index in [2.05, 4.69) is 29.2 Å². The third kappa shape index (κ3) is 3.91. The molecule has 2 rings (SSSR count). The molecule has 2 atom stereocenters. The standard InChI is InChI=1S/C14H28N4O/c1-14(13(15)19,16-11-4-5-11)7-9-18-8-6-12(10-18)17(2)3/h11-12,16H,4-10H2,1-3H3,(H2,15,19). The van der Waals surface area contributed by atoms with Crippen LogP contribution in [0.1, 0.15) is 32.6 Å². The number of primary amides is 1. The van der Waals surface area contributed by atoms with Gasteiger partial charge in [0.15, 0.2) is 0 Å². The minimum Gasteiger partial charge on any atom is -0.368 e. The molecule has 0 aromatic carbocycles. The van der Waals surface area contributed by atoms with Crippen molar-refractivity contribution in [2.75, 3.05) is 33.7 Å². The van der Waals surface area contributed by atoms with Gasteiger partial charge in [0.25, 0.3) is 0 Å². The zero-order valence-electron chi connectivity index (χ0n) is 12.5. The quantitative estimate of drug-likeness (QED) is 0.683. The maximum absolute atomic E-state index is 11.7. The Morgan fingerprint density at radius 3 is 2.58 bits per heavy atom. The van der Waals surface area contributed by atoms with Crippen LogP contribution in [0, 0.1) is 0 Å². The molecule has 1 aliphatic heterocycles. The van der Waals surface area contributed by atoms with E-state index >= 15 is 0 Å².